The standard InChI is InChI=1S/C25H27N7O/c1-30(17-19-7-3-2-4-8-19)22-10-6-5-9-21(22)27-25(33)20-13-15-31(16-14-20)24-12-11-23-28-26-18-32(23)29-24/h2-12,18,20H,13-17H2,1H3,(H,27,33). The lowest BCUT2D eigenvalue weighted by Crippen LogP contribution is -2.38. The fourth-order valence-electron chi connectivity index (χ4n) is 4.35. The molecule has 1 N–H and O–H groups in total. The molecular formula is C25H27N7O. The molecule has 4 aromatic rings. The van der Waals surface area contributed by atoms with Crippen LogP contribution in [-0.2, 0) is 11.3 Å². The molecule has 2 aromatic carbocycles. The molecule has 1 aliphatic heterocycles. The van der Waals surface area contributed by atoms with Gasteiger partial charge in [0.2, 0.25) is 5.91 Å². The van der Waals surface area contributed by atoms with Crippen LogP contribution >= 0.6 is 0 Å². The van der Waals surface area contributed by atoms with Gasteiger partial charge in [-0.05, 0) is 42.7 Å². The van der Waals surface area contributed by atoms with Crippen LogP contribution in [0.2, 0.25) is 0 Å². The Bertz CT molecular complexity index is 1230. The van der Waals surface area contributed by atoms with E-state index >= 15 is 0 Å². The molecule has 1 aliphatic rings. The Morgan fingerprint density at radius 1 is 1.03 bits per heavy atom. The summed E-state index contributed by atoms with van der Waals surface area (Å²) in [5.41, 5.74) is 3.82. The number of hydrogen-bond donors (Lipinski definition) is 1. The van der Waals surface area contributed by atoms with Crippen LogP contribution in [0.4, 0.5) is 17.2 Å². The van der Waals surface area contributed by atoms with Gasteiger partial charge in [-0.2, -0.15) is 4.52 Å². The van der Waals surface area contributed by atoms with Gasteiger partial charge in [-0.1, -0.05) is 42.5 Å². The summed E-state index contributed by atoms with van der Waals surface area (Å²) in [5.74, 6) is 0.943. The van der Waals surface area contributed by atoms with Crippen molar-refractivity contribution in [1.82, 2.24) is 19.8 Å². The first-order chi connectivity index (χ1) is 16.2. The number of nitrogens with one attached hydrogen (secondary N) is 1. The topological polar surface area (TPSA) is 78.7 Å². The Hall–Kier alpha value is -3.94. The maximum Gasteiger partial charge on any atom is 0.227 e. The summed E-state index contributed by atoms with van der Waals surface area (Å²) in [6.07, 6.45) is 3.18. The zero-order valence-electron chi connectivity index (χ0n) is 18.6. The van der Waals surface area contributed by atoms with Crippen molar-refractivity contribution in [3.63, 3.8) is 0 Å². The molecule has 33 heavy (non-hydrogen) atoms. The van der Waals surface area contributed by atoms with Crippen LogP contribution < -0.4 is 15.1 Å². The van der Waals surface area contributed by atoms with E-state index in [9.17, 15) is 4.79 Å². The quantitative estimate of drug-likeness (QED) is 0.492. The third-order valence-electron chi connectivity index (χ3n) is 6.17. The van der Waals surface area contributed by atoms with Crippen molar-refractivity contribution in [2.75, 3.05) is 35.3 Å². The molecule has 5 rings (SSSR count). The number of rotatable bonds is 6. The summed E-state index contributed by atoms with van der Waals surface area (Å²) in [7, 11) is 2.05. The monoisotopic (exact) mass is 441 g/mol. The van der Waals surface area contributed by atoms with Crippen molar-refractivity contribution in [3.8, 4) is 0 Å². The van der Waals surface area contributed by atoms with Crippen LogP contribution in [0, 0.1) is 5.92 Å². The predicted octanol–water partition coefficient (Wildman–Crippen LogP) is 3.62. The van der Waals surface area contributed by atoms with Gasteiger partial charge in [0, 0.05) is 32.6 Å². The zero-order chi connectivity index (χ0) is 22.6. The fourth-order valence-corrected chi connectivity index (χ4v) is 4.35. The molecule has 1 saturated heterocycles. The third kappa shape index (κ3) is 4.64. The third-order valence-corrected chi connectivity index (χ3v) is 6.17. The summed E-state index contributed by atoms with van der Waals surface area (Å²) in [5, 5.41) is 15.6. The normalized spacial score (nSPS) is 14.4. The van der Waals surface area contributed by atoms with E-state index in [1.54, 1.807) is 10.8 Å². The van der Waals surface area contributed by atoms with Crippen LogP contribution in [0.5, 0.6) is 0 Å². The zero-order valence-corrected chi connectivity index (χ0v) is 18.6. The minimum Gasteiger partial charge on any atom is -0.369 e. The maximum atomic E-state index is 13.1. The number of amides is 1. The molecule has 3 heterocycles. The Balaban J connectivity index is 1.21. The van der Waals surface area contributed by atoms with Gasteiger partial charge in [-0.25, -0.2) is 0 Å². The first-order valence-electron chi connectivity index (χ1n) is 11.2. The van der Waals surface area contributed by atoms with E-state index in [0.717, 1.165) is 55.3 Å². The van der Waals surface area contributed by atoms with Crippen molar-refractivity contribution >= 4 is 28.7 Å². The predicted molar refractivity (Wildman–Crippen MR) is 129 cm³/mol. The highest BCUT2D eigenvalue weighted by molar-refractivity contribution is 5.96. The Kier molecular flexibility index (Phi) is 5.89. The molecule has 0 unspecified atom stereocenters. The molecule has 2 aromatic heterocycles. The van der Waals surface area contributed by atoms with E-state index in [2.05, 4.69) is 49.6 Å². The maximum absolute atomic E-state index is 13.1. The second-order valence-electron chi connectivity index (χ2n) is 8.43. The second-order valence-corrected chi connectivity index (χ2v) is 8.43. The molecule has 0 saturated carbocycles. The summed E-state index contributed by atoms with van der Waals surface area (Å²) >= 11 is 0. The smallest absolute Gasteiger partial charge is 0.227 e. The lowest BCUT2D eigenvalue weighted by atomic mass is 9.95. The van der Waals surface area contributed by atoms with Crippen LogP contribution in [-0.4, -0.2) is 45.9 Å². The van der Waals surface area contributed by atoms with Crippen LogP contribution in [0.1, 0.15) is 18.4 Å². The molecule has 0 atom stereocenters. The number of fused-ring (bicyclic) bond motifs is 1. The summed E-state index contributed by atoms with van der Waals surface area (Å²) < 4.78 is 1.68. The van der Waals surface area contributed by atoms with Crippen molar-refractivity contribution in [3.05, 3.63) is 78.6 Å². The molecule has 8 heteroatoms. The first-order valence-corrected chi connectivity index (χ1v) is 11.2. The van der Waals surface area contributed by atoms with E-state index in [4.69, 9.17) is 0 Å². The Labute approximate surface area is 192 Å². The minimum atomic E-state index is -0.0209. The van der Waals surface area contributed by atoms with E-state index in [1.165, 1.54) is 5.56 Å². The summed E-state index contributed by atoms with van der Waals surface area (Å²) in [4.78, 5) is 17.5. The van der Waals surface area contributed by atoms with E-state index in [0.29, 0.717) is 0 Å². The van der Waals surface area contributed by atoms with Gasteiger partial charge in [0.1, 0.15) is 12.1 Å². The van der Waals surface area contributed by atoms with E-state index in [-0.39, 0.29) is 11.8 Å². The molecule has 0 bridgehead atoms. The largest absolute Gasteiger partial charge is 0.369 e. The number of piperidine rings is 1. The van der Waals surface area contributed by atoms with Gasteiger partial charge in [-0.15, -0.1) is 15.3 Å². The first kappa shape index (κ1) is 20.9. The van der Waals surface area contributed by atoms with Crippen LogP contribution in [0.25, 0.3) is 5.65 Å². The van der Waals surface area contributed by atoms with Gasteiger partial charge in [0.25, 0.3) is 0 Å². The average molecular weight is 442 g/mol. The Morgan fingerprint density at radius 3 is 2.61 bits per heavy atom. The summed E-state index contributed by atoms with van der Waals surface area (Å²) in [6.45, 7) is 2.35. The van der Waals surface area contributed by atoms with Gasteiger partial charge in [0.15, 0.2) is 5.65 Å². The van der Waals surface area contributed by atoms with Crippen molar-refractivity contribution < 1.29 is 4.79 Å². The number of benzene rings is 2. The molecule has 168 valence electrons. The minimum absolute atomic E-state index is 0.0209. The van der Waals surface area contributed by atoms with E-state index < -0.39 is 0 Å². The second kappa shape index (κ2) is 9.28. The van der Waals surface area contributed by atoms with Crippen LogP contribution in [0.3, 0.4) is 0 Å². The van der Waals surface area contributed by atoms with Crippen molar-refractivity contribution in [1.29, 1.82) is 0 Å². The lowest BCUT2D eigenvalue weighted by Gasteiger charge is -2.32. The number of aromatic nitrogens is 4. The SMILES string of the molecule is CN(Cc1ccccc1)c1ccccc1NC(=O)C1CCN(c2ccc3nncn3n2)CC1. The van der Waals surface area contributed by atoms with Crippen LogP contribution in [0.15, 0.2) is 73.1 Å². The number of carbonyl (C=O) groups excluding carboxylic acids is 1. The number of para-hydroxylation sites is 2. The summed E-state index contributed by atoms with van der Waals surface area (Å²) in [6, 6.07) is 22.2. The van der Waals surface area contributed by atoms with Gasteiger partial charge in [-0.3, -0.25) is 4.79 Å². The van der Waals surface area contributed by atoms with Gasteiger partial charge < -0.3 is 15.1 Å². The molecule has 0 aliphatic carbocycles. The molecular weight excluding hydrogens is 414 g/mol. The van der Waals surface area contributed by atoms with E-state index in [1.807, 2.05) is 54.6 Å². The fraction of sp³-hybridized carbons (Fsp3) is 0.280. The van der Waals surface area contributed by atoms with Gasteiger partial charge >= 0.3 is 0 Å². The highest BCUT2D eigenvalue weighted by atomic mass is 16.1. The highest BCUT2D eigenvalue weighted by Crippen LogP contribution is 2.28. The number of anilines is 3. The molecule has 0 spiro atoms. The van der Waals surface area contributed by atoms with Gasteiger partial charge in [0.05, 0.1) is 11.4 Å². The number of carbonyl (C=O) groups is 1. The molecule has 1 amide bonds. The highest BCUT2D eigenvalue weighted by Gasteiger charge is 2.26. The average Bonchev–Trinajstić information content (AvgIpc) is 3.33. The molecule has 1 fully saturated rings. The lowest BCUT2D eigenvalue weighted by molar-refractivity contribution is -0.120. The molecule has 8 nitrogen and oxygen atoms in total. The number of hydrogen-bond acceptors (Lipinski definition) is 6. The van der Waals surface area contributed by atoms with Crippen molar-refractivity contribution in [2.24, 2.45) is 5.92 Å². The molecule has 0 radical (unpaired) electrons. The Morgan fingerprint density at radius 2 is 1.79 bits per heavy atom. The van der Waals surface area contributed by atoms with Crippen molar-refractivity contribution in [2.45, 2.75) is 19.4 Å². The number of nitrogens with zero attached hydrogens (tertiary/aromatic N) is 6.